The summed E-state index contributed by atoms with van der Waals surface area (Å²) in [6.45, 7) is 9.80. The summed E-state index contributed by atoms with van der Waals surface area (Å²) in [6, 6.07) is 24.6. The Kier molecular flexibility index (Phi) is 11.5. The molecule has 5 heteroatoms. The molecule has 0 N–H and O–H groups in total. The van der Waals surface area contributed by atoms with Gasteiger partial charge in [-0.3, -0.25) is 0 Å². The summed E-state index contributed by atoms with van der Waals surface area (Å²) >= 11 is 1.47. The topological polar surface area (TPSA) is 9.23 Å². The molecule has 0 spiro atoms. The van der Waals surface area contributed by atoms with Crippen LogP contribution in [0.1, 0.15) is 24.0 Å². The van der Waals surface area contributed by atoms with Crippen LogP contribution in [0.25, 0.3) is 0 Å². The van der Waals surface area contributed by atoms with Crippen molar-refractivity contribution in [3.63, 3.8) is 0 Å². The van der Waals surface area contributed by atoms with Crippen molar-refractivity contribution in [1.29, 1.82) is 0 Å². The van der Waals surface area contributed by atoms with Gasteiger partial charge >= 0.3 is 195 Å². The van der Waals surface area contributed by atoms with E-state index in [1.165, 1.54) is 57.3 Å². The van der Waals surface area contributed by atoms with Crippen molar-refractivity contribution in [3.05, 3.63) is 71.8 Å². The van der Waals surface area contributed by atoms with E-state index in [1.807, 2.05) is 0 Å². The maximum atomic E-state index is 6.85. The number of rotatable bonds is 14. The van der Waals surface area contributed by atoms with Crippen LogP contribution < -0.4 is 0 Å². The second-order valence-electron chi connectivity index (χ2n) is 8.90. The van der Waals surface area contributed by atoms with E-state index >= 15 is 0 Å². The van der Waals surface area contributed by atoms with Gasteiger partial charge in [0.15, 0.2) is 0 Å². The third kappa shape index (κ3) is 11.7. The van der Waals surface area contributed by atoms with E-state index in [0.29, 0.717) is 0 Å². The van der Waals surface area contributed by atoms with Gasteiger partial charge in [-0.05, 0) is 0 Å². The summed E-state index contributed by atoms with van der Waals surface area (Å²) in [5.74, 6) is 0. The van der Waals surface area contributed by atoms with E-state index < -0.39 is 16.6 Å². The van der Waals surface area contributed by atoms with E-state index in [2.05, 4.69) is 86.9 Å². The molecular weight excluding hydrogens is 518 g/mol. The molecule has 0 radical (unpaired) electrons. The number of hydrogen-bond acceptors (Lipinski definition) is 1. The van der Waals surface area contributed by atoms with Crippen LogP contribution in [0, 0.1) is 0 Å². The van der Waals surface area contributed by atoms with Gasteiger partial charge in [0.25, 0.3) is 0 Å². The maximum absolute atomic E-state index is 6.85. The van der Waals surface area contributed by atoms with E-state index in [1.54, 1.807) is 0 Å². The standard InChI is InChI=1S/C24H38OSe2Si2/c1-28(2,19-11-17-26-21-23-13-7-5-8-14-23)25-29(3,4)20-12-18-27-22-24-15-9-6-10-16-24/h5-10,13-16H,11-12,17-22H2,1-4H3. The predicted octanol–water partition coefficient (Wildman–Crippen LogP) is 6.84. The summed E-state index contributed by atoms with van der Waals surface area (Å²) in [4.78, 5) is 0. The van der Waals surface area contributed by atoms with Crippen LogP contribution in [0.2, 0.25) is 48.9 Å². The molecule has 0 aromatic heterocycles. The van der Waals surface area contributed by atoms with Crippen LogP contribution >= 0.6 is 0 Å². The van der Waals surface area contributed by atoms with E-state index in [9.17, 15) is 0 Å². The first-order chi connectivity index (χ1) is 13.9. The fraction of sp³-hybridized carbons (Fsp3) is 0.500. The fourth-order valence-electron chi connectivity index (χ4n) is 3.58. The van der Waals surface area contributed by atoms with Gasteiger partial charge in [-0.2, -0.15) is 0 Å². The van der Waals surface area contributed by atoms with Crippen molar-refractivity contribution >= 4 is 46.5 Å². The Hall–Kier alpha value is -0.127. The van der Waals surface area contributed by atoms with Gasteiger partial charge in [-0.15, -0.1) is 0 Å². The molecule has 0 saturated carbocycles. The molecule has 0 aliphatic carbocycles. The molecule has 0 bridgehead atoms. The second-order valence-corrected chi connectivity index (χ2v) is 22.4. The first-order valence-electron chi connectivity index (χ1n) is 10.8. The van der Waals surface area contributed by atoms with Crippen molar-refractivity contribution in [2.24, 2.45) is 0 Å². The van der Waals surface area contributed by atoms with Crippen molar-refractivity contribution in [3.8, 4) is 0 Å². The minimum atomic E-state index is -1.51. The second kappa shape index (κ2) is 13.3. The predicted molar refractivity (Wildman–Crippen MR) is 136 cm³/mol. The molecule has 0 unspecified atom stereocenters. The molecule has 0 heterocycles. The Bertz CT molecular complexity index is 618. The van der Waals surface area contributed by atoms with E-state index in [4.69, 9.17) is 4.12 Å². The van der Waals surface area contributed by atoms with Gasteiger partial charge in [0.05, 0.1) is 0 Å². The van der Waals surface area contributed by atoms with Crippen molar-refractivity contribution < 1.29 is 4.12 Å². The Labute approximate surface area is 194 Å². The molecule has 0 atom stereocenters. The van der Waals surface area contributed by atoms with Gasteiger partial charge in [0.2, 0.25) is 0 Å². The molecule has 2 rings (SSSR count). The molecule has 0 amide bonds. The molecular formula is C24H38OSe2Si2. The first-order valence-corrected chi connectivity index (χ1v) is 21.9. The number of hydrogen-bond donors (Lipinski definition) is 0. The zero-order valence-electron chi connectivity index (χ0n) is 18.7. The van der Waals surface area contributed by atoms with Crippen LogP contribution in [0.3, 0.4) is 0 Å². The summed E-state index contributed by atoms with van der Waals surface area (Å²) in [6.07, 6.45) is 2.72. The van der Waals surface area contributed by atoms with Crippen LogP contribution in [0.5, 0.6) is 0 Å². The van der Waals surface area contributed by atoms with Crippen LogP contribution in [0.15, 0.2) is 60.7 Å². The normalized spacial score (nSPS) is 12.3. The fourth-order valence-corrected chi connectivity index (χ4v) is 17.4. The zero-order chi connectivity index (χ0) is 21.0. The Morgan fingerprint density at radius 1 is 0.621 bits per heavy atom. The first kappa shape index (κ1) is 25.1. The van der Waals surface area contributed by atoms with Crippen molar-refractivity contribution in [1.82, 2.24) is 0 Å². The average Bonchev–Trinajstić information content (AvgIpc) is 2.68. The molecule has 0 aliphatic rings. The van der Waals surface area contributed by atoms with Crippen molar-refractivity contribution in [2.45, 2.75) is 72.4 Å². The molecule has 0 fully saturated rings. The van der Waals surface area contributed by atoms with E-state index in [0.717, 1.165) is 29.9 Å². The van der Waals surface area contributed by atoms with E-state index in [-0.39, 0.29) is 0 Å². The van der Waals surface area contributed by atoms with Crippen molar-refractivity contribution in [2.75, 3.05) is 0 Å². The van der Waals surface area contributed by atoms with Crippen LogP contribution in [-0.2, 0) is 14.8 Å². The quantitative estimate of drug-likeness (QED) is 0.183. The molecule has 2 aromatic rings. The summed E-state index contributed by atoms with van der Waals surface area (Å²) < 4.78 is 6.85. The monoisotopic (exact) mass is 558 g/mol. The summed E-state index contributed by atoms with van der Waals surface area (Å²) in [5, 5.41) is 5.35. The Morgan fingerprint density at radius 3 is 1.38 bits per heavy atom. The third-order valence-corrected chi connectivity index (χ3v) is 17.1. The molecule has 29 heavy (non-hydrogen) atoms. The zero-order valence-corrected chi connectivity index (χ0v) is 24.1. The molecule has 0 saturated heterocycles. The molecule has 1 nitrogen and oxygen atoms in total. The van der Waals surface area contributed by atoms with Crippen LogP contribution in [0.4, 0.5) is 0 Å². The Morgan fingerprint density at radius 2 is 1.00 bits per heavy atom. The molecule has 0 aliphatic heterocycles. The third-order valence-electron chi connectivity index (χ3n) is 4.91. The molecule has 2 aromatic carbocycles. The minimum absolute atomic E-state index is 0.736. The van der Waals surface area contributed by atoms with Gasteiger partial charge in [0.1, 0.15) is 0 Å². The molecule has 160 valence electrons. The van der Waals surface area contributed by atoms with Crippen LogP contribution in [-0.4, -0.2) is 46.5 Å². The SMILES string of the molecule is C[Si](C)(CCC[Se]Cc1ccccc1)O[Si](C)(C)CCC[Se]Cc1ccccc1. The Balaban J connectivity index is 1.57. The van der Waals surface area contributed by atoms with Gasteiger partial charge in [0, 0.05) is 0 Å². The summed E-state index contributed by atoms with van der Waals surface area (Å²) in [5.41, 5.74) is 3.00. The average molecular weight is 557 g/mol. The van der Waals surface area contributed by atoms with Gasteiger partial charge in [-0.1, -0.05) is 0 Å². The summed E-state index contributed by atoms with van der Waals surface area (Å²) in [7, 11) is -3.02. The number of benzene rings is 2. The van der Waals surface area contributed by atoms with Gasteiger partial charge in [-0.25, -0.2) is 0 Å². The van der Waals surface area contributed by atoms with Gasteiger partial charge < -0.3 is 0 Å².